The number of carbonyl (C=O) groups is 1. The lowest BCUT2D eigenvalue weighted by Crippen LogP contribution is -2.31. The molecule has 1 atom stereocenters. The molecule has 2 aromatic carbocycles. The second-order valence-corrected chi connectivity index (χ2v) is 6.94. The molecule has 27 heavy (non-hydrogen) atoms. The lowest BCUT2D eigenvalue weighted by Gasteiger charge is -2.16. The van der Waals surface area contributed by atoms with Crippen LogP contribution < -0.4 is 10.6 Å². The Morgan fingerprint density at radius 1 is 1.07 bits per heavy atom. The normalized spacial score (nSPS) is 12.0. The molecule has 2 amide bonds. The van der Waals surface area contributed by atoms with Crippen LogP contribution in [0.2, 0.25) is 5.02 Å². The molecular formula is C20H21ClN4O2. The van der Waals surface area contributed by atoms with E-state index < -0.39 is 0 Å². The van der Waals surface area contributed by atoms with Gasteiger partial charge in [-0.25, -0.2) is 4.79 Å². The van der Waals surface area contributed by atoms with Crippen LogP contribution in [0.15, 0.2) is 53.1 Å². The van der Waals surface area contributed by atoms with Crippen LogP contribution in [0.5, 0.6) is 0 Å². The van der Waals surface area contributed by atoms with Gasteiger partial charge in [-0.2, -0.15) is 4.98 Å². The Morgan fingerprint density at radius 3 is 2.41 bits per heavy atom. The highest BCUT2D eigenvalue weighted by molar-refractivity contribution is 6.31. The number of rotatable bonds is 5. The zero-order chi connectivity index (χ0) is 19.4. The van der Waals surface area contributed by atoms with Crippen LogP contribution in [0.4, 0.5) is 10.5 Å². The van der Waals surface area contributed by atoms with Crippen LogP contribution in [-0.4, -0.2) is 16.2 Å². The first-order valence-corrected chi connectivity index (χ1v) is 9.08. The van der Waals surface area contributed by atoms with Crippen molar-refractivity contribution in [2.24, 2.45) is 0 Å². The maximum Gasteiger partial charge on any atom is 0.319 e. The van der Waals surface area contributed by atoms with E-state index in [4.69, 9.17) is 16.1 Å². The van der Waals surface area contributed by atoms with E-state index in [0.29, 0.717) is 22.4 Å². The van der Waals surface area contributed by atoms with E-state index in [1.165, 1.54) is 0 Å². The number of halogens is 1. The molecule has 6 nitrogen and oxygen atoms in total. The van der Waals surface area contributed by atoms with Gasteiger partial charge in [-0.05, 0) is 42.8 Å². The second kappa shape index (κ2) is 8.22. The third kappa shape index (κ3) is 4.65. The fourth-order valence-corrected chi connectivity index (χ4v) is 2.85. The molecule has 1 aromatic heterocycles. The van der Waals surface area contributed by atoms with Crippen molar-refractivity contribution >= 4 is 23.3 Å². The minimum atomic E-state index is -0.310. The number of nitrogens with one attached hydrogen (secondary N) is 2. The summed E-state index contributed by atoms with van der Waals surface area (Å²) in [5.41, 5.74) is 2.32. The average Bonchev–Trinajstić information content (AvgIpc) is 3.13. The van der Waals surface area contributed by atoms with Gasteiger partial charge < -0.3 is 15.2 Å². The Balaban J connectivity index is 1.62. The molecule has 140 valence electrons. The smallest absolute Gasteiger partial charge is 0.319 e. The third-order valence-electron chi connectivity index (χ3n) is 4.07. The van der Waals surface area contributed by atoms with E-state index in [9.17, 15) is 4.79 Å². The van der Waals surface area contributed by atoms with E-state index in [1.807, 2.05) is 51.1 Å². The summed E-state index contributed by atoms with van der Waals surface area (Å²) < 4.78 is 5.27. The predicted molar refractivity (Wildman–Crippen MR) is 106 cm³/mol. The number of anilines is 1. The SMILES string of the molecule is CC(C)c1noc(-c2ccc(NC(=O)NC(C)c3ccccc3Cl)cc2)n1. The van der Waals surface area contributed by atoms with Crippen molar-refractivity contribution in [3.63, 3.8) is 0 Å². The topological polar surface area (TPSA) is 80.0 Å². The number of benzene rings is 2. The van der Waals surface area contributed by atoms with Gasteiger partial charge in [0.25, 0.3) is 5.89 Å². The lowest BCUT2D eigenvalue weighted by molar-refractivity contribution is 0.249. The molecular weight excluding hydrogens is 364 g/mol. The molecule has 1 heterocycles. The van der Waals surface area contributed by atoms with Gasteiger partial charge in [-0.1, -0.05) is 48.8 Å². The molecule has 0 saturated carbocycles. The highest BCUT2D eigenvalue weighted by Gasteiger charge is 2.13. The molecule has 0 radical (unpaired) electrons. The minimum Gasteiger partial charge on any atom is -0.334 e. The molecule has 0 aliphatic carbocycles. The lowest BCUT2D eigenvalue weighted by atomic mass is 10.1. The van der Waals surface area contributed by atoms with E-state index in [1.54, 1.807) is 18.2 Å². The zero-order valence-corrected chi connectivity index (χ0v) is 16.1. The molecule has 2 N–H and O–H groups in total. The average molecular weight is 385 g/mol. The van der Waals surface area contributed by atoms with Gasteiger partial charge in [0.2, 0.25) is 0 Å². The van der Waals surface area contributed by atoms with E-state index in [2.05, 4.69) is 20.8 Å². The van der Waals surface area contributed by atoms with Crippen LogP contribution in [-0.2, 0) is 0 Å². The second-order valence-electron chi connectivity index (χ2n) is 6.53. The van der Waals surface area contributed by atoms with Gasteiger partial charge in [0.15, 0.2) is 5.82 Å². The Hall–Kier alpha value is -2.86. The van der Waals surface area contributed by atoms with Crippen molar-refractivity contribution in [2.45, 2.75) is 32.7 Å². The number of hydrogen-bond acceptors (Lipinski definition) is 4. The fourth-order valence-electron chi connectivity index (χ4n) is 2.55. The summed E-state index contributed by atoms with van der Waals surface area (Å²) in [6.07, 6.45) is 0. The van der Waals surface area contributed by atoms with Crippen LogP contribution in [0.25, 0.3) is 11.5 Å². The molecule has 0 aliphatic rings. The number of urea groups is 1. The maximum atomic E-state index is 12.2. The van der Waals surface area contributed by atoms with Crippen LogP contribution in [0.3, 0.4) is 0 Å². The van der Waals surface area contributed by atoms with Gasteiger partial charge in [-0.15, -0.1) is 0 Å². The molecule has 0 aliphatic heterocycles. The van der Waals surface area contributed by atoms with E-state index in [0.717, 1.165) is 11.1 Å². The van der Waals surface area contributed by atoms with Crippen molar-refractivity contribution in [2.75, 3.05) is 5.32 Å². The Labute approximate surface area is 162 Å². The van der Waals surface area contributed by atoms with Gasteiger partial charge in [0.05, 0.1) is 6.04 Å². The summed E-state index contributed by atoms with van der Waals surface area (Å²) in [4.78, 5) is 16.6. The minimum absolute atomic E-state index is 0.201. The molecule has 0 fully saturated rings. The zero-order valence-electron chi connectivity index (χ0n) is 15.4. The number of amides is 2. The molecule has 3 aromatic rings. The van der Waals surface area contributed by atoms with Crippen LogP contribution >= 0.6 is 11.6 Å². The number of hydrogen-bond donors (Lipinski definition) is 2. The first-order chi connectivity index (χ1) is 12.9. The van der Waals surface area contributed by atoms with Gasteiger partial charge in [0.1, 0.15) is 0 Å². The first-order valence-electron chi connectivity index (χ1n) is 8.70. The van der Waals surface area contributed by atoms with Crippen molar-refractivity contribution in [1.29, 1.82) is 0 Å². The van der Waals surface area contributed by atoms with E-state index >= 15 is 0 Å². The molecule has 0 saturated heterocycles. The largest absolute Gasteiger partial charge is 0.334 e. The molecule has 0 bridgehead atoms. The summed E-state index contributed by atoms with van der Waals surface area (Å²) in [6.45, 7) is 5.89. The van der Waals surface area contributed by atoms with E-state index in [-0.39, 0.29) is 18.0 Å². The van der Waals surface area contributed by atoms with Crippen molar-refractivity contribution in [1.82, 2.24) is 15.5 Å². The van der Waals surface area contributed by atoms with Crippen LogP contribution in [0.1, 0.15) is 44.1 Å². The molecule has 0 spiro atoms. The van der Waals surface area contributed by atoms with Gasteiger partial charge in [-0.3, -0.25) is 0 Å². The van der Waals surface area contributed by atoms with Crippen molar-refractivity contribution < 1.29 is 9.32 Å². The van der Waals surface area contributed by atoms with Gasteiger partial charge >= 0.3 is 6.03 Å². The number of carbonyl (C=O) groups excluding carboxylic acids is 1. The summed E-state index contributed by atoms with van der Waals surface area (Å²) >= 11 is 6.17. The summed E-state index contributed by atoms with van der Waals surface area (Å²) in [5, 5.41) is 10.3. The molecule has 1 unspecified atom stereocenters. The Kier molecular flexibility index (Phi) is 5.76. The number of aromatic nitrogens is 2. The summed E-state index contributed by atoms with van der Waals surface area (Å²) in [6, 6.07) is 14.1. The Morgan fingerprint density at radius 2 is 1.78 bits per heavy atom. The first kappa shape index (κ1) is 18.9. The highest BCUT2D eigenvalue weighted by atomic mass is 35.5. The summed E-state index contributed by atoms with van der Waals surface area (Å²) in [7, 11) is 0. The number of nitrogens with zero attached hydrogens (tertiary/aromatic N) is 2. The fraction of sp³-hybridized carbons (Fsp3) is 0.250. The Bertz CT molecular complexity index is 922. The molecule has 7 heteroatoms. The maximum absolute atomic E-state index is 12.2. The van der Waals surface area contributed by atoms with Crippen LogP contribution in [0, 0.1) is 0 Å². The molecule has 3 rings (SSSR count). The monoisotopic (exact) mass is 384 g/mol. The van der Waals surface area contributed by atoms with Crippen molar-refractivity contribution in [3.8, 4) is 11.5 Å². The van der Waals surface area contributed by atoms with Crippen molar-refractivity contribution in [3.05, 3.63) is 64.9 Å². The predicted octanol–water partition coefficient (Wildman–Crippen LogP) is 5.40. The third-order valence-corrected chi connectivity index (χ3v) is 4.41. The quantitative estimate of drug-likeness (QED) is 0.617. The standard InChI is InChI=1S/C20H21ClN4O2/c1-12(2)18-24-19(27-25-18)14-8-10-15(11-9-14)23-20(26)22-13(3)16-6-4-5-7-17(16)21/h4-13H,1-3H3,(H2,22,23,26). The van der Waals surface area contributed by atoms with Gasteiger partial charge in [0, 0.05) is 22.2 Å². The summed E-state index contributed by atoms with van der Waals surface area (Å²) in [5.74, 6) is 1.33. The highest BCUT2D eigenvalue weighted by Crippen LogP contribution is 2.23.